The Morgan fingerprint density at radius 3 is 2.48 bits per heavy atom. The van der Waals surface area contributed by atoms with E-state index in [2.05, 4.69) is 17.1 Å². The molecule has 8 heteroatoms. The van der Waals surface area contributed by atoms with Crippen molar-refractivity contribution in [1.29, 1.82) is 0 Å². The molecule has 1 saturated heterocycles. The molecular weight excluding hydrogens is 420 g/mol. The number of piperazine rings is 1. The van der Waals surface area contributed by atoms with Crippen molar-refractivity contribution in [3.8, 4) is 0 Å². The van der Waals surface area contributed by atoms with Gasteiger partial charge in [-0.05, 0) is 32.3 Å². The number of hydrogen-bond donors (Lipinski definition) is 1. The summed E-state index contributed by atoms with van der Waals surface area (Å²) in [7, 11) is 1.69. The molecule has 1 aromatic carbocycles. The monoisotopic (exact) mass is 454 g/mol. The van der Waals surface area contributed by atoms with Crippen LogP contribution in [0.2, 0.25) is 0 Å². The summed E-state index contributed by atoms with van der Waals surface area (Å²) in [5.41, 5.74) is 1.95. The Kier molecular flexibility index (Phi) is 7.02. The molecule has 0 bridgehead atoms. The van der Waals surface area contributed by atoms with Crippen LogP contribution in [0.5, 0.6) is 0 Å². The molecule has 1 N–H and O–H groups in total. The van der Waals surface area contributed by atoms with Crippen LogP contribution in [-0.4, -0.2) is 78.5 Å². The van der Waals surface area contributed by atoms with E-state index in [1.165, 1.54) is 4.90 Å². The van der Waals surface area contributed by atoms with Gasteiger partial charge in [0.15, 0.2) is 0 Å². The number of amides is 3. The van der Waals surface area contributed by atoms with E-state index in [0.29, 0.717) is 37.4 Å². The number of carbonyl (C=O) groups excluding carboxylic acids is 3. The molecule has 4 rings (SSSR count). The van der Waals surface area contributed by atoms with Gasteiger partial charge in [-0.15, -0.1) is 0 Å². The second-order valence-electron chi connectivity index (χ2n) is 9.18. The number of carbonyl (C=O) groups is 3. The minimum absolute atomic E-state index is 0.0890. The molecule has 2 fully saturated rings. The summed E-state index contributed by atoms with van der Waals surface area (Å²) < 4.78 is 5.40. The predicted octanol–water partition coefficient (Wildman–Crippen LogP) is 2.53. The molecular formula is C25H34N4O4. The summed E-state index contributed by atoms with van der Waals surface area (Å²) in [5.74, 6) is 0.0510. The smallest absolute Gasteiger partial charge is 0.338 e. The summed E-state index contributed by atoms with van der Waals surface area (Å²) in [6.07, 6.45) is 3.15. The highest BCUT2D eigenvalue weighted by Crippen LogP contribution is 2.32. The van der Waals surface area contributed by atoms with E-state index in [1.54, 1.807) is 14.0 Å². The Hall–Kier alpha value is -2.87. The van der Waals surface area contributed by atoms with E-state index < -0.39 is 12.0 Å². The lowest BCUT2D eigenvalue weighted by Crippen LogP contribution is -2.57. The Morgan fingerprint density at radius 2 is 1.88 bits per heavy atom. The number of nitrogens with zero attached hydrogens (tertiary/aromatic N) is 3. The molecule has 3 aliphatic rings. The van der Waals surface area contributed by atoms with Crippen LogP contribution in [0.4, 0.5) is 4.79 Å². The maximum absolute atomic E-state index is 13.1. The molecule has 3 amide bonds. The van der Waals surface area contributed by atoms with Crippen LogP contribution < -0.4 is 5.32 Å². The van der Waals surface area contributed by atoms with Crippen molar-refractivity contribution in [2.24, 2.45) is 5.92 Å². The van der Waals surface area contributed by atoms with Crippen molar-refractivity contribution < 1.29 is 19.1 Å². The Balaban J connectivity index is 1.59. The largest absolute Gasteiger partial charge is 0.463 e. The van der Waals surface area contributed by atoms with Crippen molar-refractivity contribution >= 4 is 17.9 Å². The topological polar surface area (TPSA) is 82.2 Å². The quantitative estimate of drug-likeness (QED) is 0.668. The highest BCUT2D eigenvalue weighted by Gasteiger charge is 2.39. The lowest BCUT2D eigenvalue weighted by Gasteiger charge is -2.44. The van der Waals surface area contributed by atoms with Crippen molar-refractivity contribution in [2.75, 3.05) is 39.8 Å². The van der Waals surface area contributed by atoms with Crippen LogP contribution in [0.1, 0.15) is 44.7 Å². The number of ether oxygens (including phenoxy) is 1. The Labute approximate surface area is 195 Å². The maximum Gasteiger partial charge on any atom is 0.338 e. The SMILES string of the molecule is CCOC(=O)C1=C(CN2CCN(C(=O)C3CCC3)[C@H](C)C2)N(C)C(=O)N[C@H]1c1ccccc1. The fourth-order valence-electron chi connectivity index (χ4n) is 4.90. The van der Waals surface area contributed by atoms with Crippen molar-refractivity contribution in [2.45, 2.75) is 45.2 Å². The van der Waals surface area contributed by atoms with E-state index in [4.69, 9.17) is 4.74 Å². The van der Waals surface area contributed by atoms with Crippen LogP contribution >= 0.6 is 0 Å². The number of likely N-dealkylation sites (N-methyl/N-ethyl adjacent to an activating group) is 1. The number of esters is 1. The minimum Gasteiger partial charge on any atom is -0.463 e. The Morgan fingerprint density at radius 1 is 1.15 bits per heavy atom. The standard InChI is InChI=1S/C25H34N4O4/c1-4-33-24(31)21-20(27(3)25(32)26-22(21)18-9-6-5-7-10-18)16-28-13-14-29(17(2)15-28)23(30)19-11-8-12-19/h5-7,9-10,17,19,22H,4,8,11-16H2,1-3H3,(H,26,32)/t17-,22+/m1/s1. The lowest BCUT2D eigenvalue weighted by molar-refractivity contribution is -0.142. The second-order valence-corrected chi connectivity index (χ2v) is 9.18. The minimum atomic E-state index is -0.567. The zero-order valence-electron chi connectivity index (χ0n) is 19.8. The molecule has 178 valence electrons. The van der Waals surface area contributed by atoms with Gasteiger partial charge >= 0.3 is 12.0 Å². The fourth-order valence-corrected chi connectivity index (χ4v) is 4.90. The first-order valence-corrected chi connectivity index (χ1v) is 11.9. The average Bonchev–Trinajstić information content (AvgIpc) is 2.76. The molecule has 1 aromatic rings. The van der Waals surface area contributed by atoms with Crippen LogP contribution in [0.15, 0.2) is 41.6 Å². The number of hydrogen-bond acceptors (Lipinski definition) is 5. The van der Waals surface area contributed by atoms with Crippen molar-refractivity contribution in [1.82, 2.24) is 20.0 Å². The molecule has 0 aromatic heterocycles. The van der Waals surface area contributed by atoms with E-state index >= 15 is 0 Å². The first-order valence-electron chi connectivity index (χ1n) is 11.9. The van der Waals surface area contributed by atoms with E-state index in [-0.39, 0.29) is 30.5 Å². The van der Waals surface area contributed by atoms with Gasteiger partial charge in [-0.3, -0.25) is 14.6 Å². The van der Waals surface area contributed by atoms with Crippen LogP contribution in [0, 0.1) is 5.92 Å². The number of urea groups is 1. The van der Waals surface area contributed by atoms with Gasteiger partial charge in [-0.2, -0.15) is 0 Å². The zero-order valence-corrected chi connectivity index (χ0v) is 19.8. The molecule has 1 aliphatic carbocycles. The molecule has 2 aliphatic heterocycles. The molecule has 0 spiro atoms. The van der Waals surface area contributed by atoms with Gasteiger partial charge in [-0.25, -0.2) is 9.59 Å². The summed E-state index contributed by atoms with van der Waals surface area (Å²) in [6, 6.07) is 8.76. The molecule has 33 heavy (non-hydrogen) atoms. The molecule has 2 atom stereocenters. The average molecular weight is 455 g/mol. The van der Waals surface area contributed by atoms with E-state index in [0.717, 1.165) is 24.8 Å². The molecule has 8 nitrogen and oxygen atoms in total. The van der Waals surface area contributed by atoms with Crippen molar-refractivity contribution in [3.05, 3.63) is 47.2 Å². The van der Waals surface area contributed by atoms with Crippen LogP contribution in [-0.2, 0) is 14.3 Å². The highest BCUT2D eigenvalue weighted by atomic mass is 16.5. The Bertz CT molecular complexity index is 928. The zero-order chi connectivity index (χ0) is 23.5. The number of benzene rings is 1. The summed E-state index contributed by atoms with van der Waals surface area (Å²) in [4.78, 5) is 44.4. The van der Waals surface area contributed by atoms with Gasteiger partial charge in [-0.1, -0.05) is 36.8 Å². The molecule has 2 heterocycles. The van der Waals surface area contributed by atoms with E-state index in [1.807, 2.05) is 35.2 Å². The first kappa shape index (κ1) is 23.3. The van der Waals surface area contributed by atoms with Crippen LogP contribution in [0.3, 0.4) is 0 Å². The van der Waals surface area contributed by atoms with Gasteiger partial charge in [0, 0.05) is 50.9 Å². The first-order chi connectivity index (χ1) is 15.9. The van der Waals surface area contributed by atoms with Gasteiger partial charge < -0.3 is 15.0 Å². The normalized spacial score (nSPS) is 24.4. The number of rotatable bonds is 6. The highest BCUT2D eigenvalue weighted by molar-refractivity contribution is 5.95. The van der Waals surface area contributed by atoms with Crippen molar-refractivity contribution in [3.63, 3.8) is 0 Å². The molecule has 1 saturated carbocycles. The van der Waals surface area contributed by atoms with Gasteiger partial charge in [0.1, 0.15) is 0 Å². The molecule has 0 unspecified atom stereocenters. The lowest BCUT2D eigenvalue weighted by atomic mass is 9.84. The van der Waals surface area contributed by atoms with Crippen LogP contribution in [0.25, 0.3) is 0 Å². The van der Waals surface area contributed by atoms with E-state index in [9.17, 15) is 14.4 Å². The fraction of sp³-hybridized carbons (Fsp3) is 0.560. The number of nitrogens with one attached hydrogen (secondary N) is 1. The summed E-state index contributed by atoms with van der Waals surface area (Å²) in [6.45, 7) is 6.62. The van der Waals surface area contributed by atoms with Gasteiger partial charge in [0.25, 0.3) is 0 Å². The predicted molar refractivity (Wildman–Crippen MR) is 124 cm³/mol. The summed E-state index contributed by atoms with van der Waals surface area (Å²) >= 11 is 0. The molecule has 0 radical (unpaired) electrons. The summed E-state index contributed by atoms with van der Waals surface area (Å²) in [5, 5.41) is 2.95. The maximum atomic E-state index is 13.1. The second kappa shape index (κ2) is 9.95. The van der Waals surface area contributed by atoms with Gasteiger partial charge in [0.05, 0.1) is 18.2 Å². The third-order valence-electron chi connectivity index (χ3n) is 7.03. The third kappa shape index (κ3) is 4.76. The third-order valence-corrected chi connectivity index (χ3v) is 7.03. The van der Waals surface area contributed by atoms with Gasteiger partial charge in [0.2, 0.25) is 5.91 Å².